The molecule has 17 heavy (non-hydrogen) atoms. The average molecular weight is 245 g/mol. The highest BCUT2D eigenvalue weighted by Crippen LogP contribution is 2.02. The van der Waals surface area contributed by atoms with Crippen LogP contribution in [0.5, 0.6) is 0 Å². The monoisotopic (exact) mass is 245 g/mol. The van der Waals surface area contributed by atoms with Gasteiger partial charge in [-0.15, -0.1) is 0 Å². The molecule has 1 rings (SSSR count). The van der Waals surface area contributed by atoms with Gasteiger partial charge >= 0.3 is 0 Å². The Morgan fingerprint density at radius 2 is 1.65 bits per heavy atom. The van der Waals surface area contributed by atoms with Gasteiger partial charge in [-0.2, -0.15) is 0 Å². The second-order valence-corrected chi connectivity index (χ2v) is 4.56. The Labute approximate surface area is 105 Å². The zero-order chi connectivity index (χ0) is 12.2. The van der Waals surface area contributed by atoms with Crippen molar-refractivity contribution >= 4 is 0 Å². The third kappa shape index (κ3) is 8.55. The fourth-order valence-electron chi connectivity index (χ4n) is 1.97. The van der Waals surface area contributed by atoms with Gasteiger partial charge in [0.15, 0.2) is 0 Å². The van der Waals surface area contributed by atoms with Crippen LogP contribution in [0.25, 0.3) is 0 Å². The molecule has 0 unspecified atom stereocenters. The van der Waals surface area contributed by atoms with Crippen LogP contribution in [-0.4, -0.2) is 62.7 Å². The second kappa shape index (κ2) is 11.0. The quantitative estimate of drug-likeness (QED) is 0.589. The third-order valence-corrected chi connectivity index (χ3v) is 3.10. The van der Waals surface area contributed by atoms with Gasteiger partial charge in [-0.3, -0.25) is 4.90 Å². The SMILES string of the molecule is OCCCCCCCOCCN1CCOCC1. The molecule has 0 atom stereocenters. The van der Waals surface area contributed by atoms with Crippen molar-refractivity contribution in [2.24, 2.45) is 0 Å². The molecular formula is C13H27NO3. The molecule has 4 heteroatoms. The van der Waals surface area contributed by atoms with E-state index in [9.17, 15) is 0 Å². The zero-order valence-corrected chi connectivity index (χ0v) is 10.9. The van der Waals surface area contributed by atoms with Crippen molar-refractivity contribution in [3.8, 4) is 0 Å². The molecule has 0 aromatic carbocycles. The minimum absolute atomic E-state index is 0.329. The lowest BCUT2D eigenvalue weighted by molar-refractivity contribution is 0.0200. The number of ether oxygens (including phenoxy) is 2. The minimum Gasteiger partial charge on any atom is -0.396 e. The summed E-state index contributed by atoms with van der Waals surface area (Å²) in [6, 6.07) is 0. The van der Waals surface area contributed by atoms with Gasteiger partial charge in [0.1, 0.15) is 0 Å². The molecule has 4 nitrogen and oxygen atoms in total. The van der Waals surface area contributed by atoms with Crippen molar-refractivity contribution in [2.45, 2.75) is 32.1 Å². The molecule has 0 bridgehead atoms. The van der Waals surface area contributed by atoms with Crippen molar-refractivity contribution in [1.29, 1.82) is 0 Å². The maximum Gasteiger partial charge on any atom is 0.0594 e. The number of rotatable bonds is 10. The lowest BCUT2D eigenvalue weighted by Crippen LogP contribution is -2.38. The van der Waals surface area contributed by atoms with Gasteiger partial charge in [0, 0.05) is 32.8 Å². The zero-order valence-electron chi connectivity index (χ0n) is 10.9. The number of hydrogen-bond donors (Lipinski definition) is 1. The van der Waals surface area contributed by atoms with Crippen molar-refractivity contribution in [3.63, 3.8) is 0 Å². The van der Waals surface area contributed by atoms with Crippen molar-refractivity contribution < 1.29 is 14.6 Å². The van der Waals surface area contributed by atoms with Crippen LogP contribution in [0.2, 0.25) is 0 Å². The molecule has 1 heterocycles. The highest BCUT2D eigenvalue weighted by atomic mass is 16.5. The Balaban J connectivity index is 1.75. The topological polar surface area (TPSA) is 41.9 Å². The Morgan fingerprint density at radius 1 is 0.941 bits per heavy atom. The van der Waals surface area contributed by atoms with Crippen LogP contribution in [0.15, 0.2) is 0 Å². The molecule has 0 aromatic heterocycles. The van der Waals surface area contributed by atoms with Crippen molar-refractivity contribution in [3.05, 3.63) is 0 Å². The number of aliphatic hydroxyl groups is 1. The highest BCUT2D eigenvalue weighted by molar-refractivity contribution is 4.60. The summed E-state index contributed by atoms with van der Waals surface area (Å²) < 4.78 is 10.9. The third-order valence-electron chi connectivity index (χ3n) is 3.10. The molecule has 102 valence electrons. The lowest BCUT2D eigenvalue weighted by Gasteiger charge is -2.26. The molecule has 1 saturated heterocycles. The predicted molar refractivity (Wildman–Crippen MR) is 68.2 cm³/mol. The number of morpholine rings is 1. The van der Waals surface area contributed by atoms with Crippen LogP contribution in [0.4, 0.5) is 0 Å². The molecule has 0 saturated carbocycles. The number of nitrogens with zero attached hydrogens (tertiary/aromatic N) is 1. The first-order valence-electron chi connectivity index (χ1n) is 6.92. The van der Waals surface area contributed by atoms with Crippen LogP contribution in [-0.2, 0) is 9.47 Å². The Morgan fingerprint density at radius 3 is 2.41 bits per heavy atom. The standard InChI is InChI=1S/C13H27NO3/c15-9-4-2-1-3-5-10-16-11-6-14-7-12-17-13-8-14/h15H,1-13H2. The minimum atomic E-state index is 0.329. The van der Waals surface area contributed by atoms with Gasteiger partial charge in [0.25, 0.3) is 0 Å². The van der Waals surface area contributed by atoms with Crippen LogP contribution in [0, 0.1) is 0 Å². The van der Waals surface area contributed by atoms with E-state index in [0.717, 1.165) is 65.3 Å². The van der Waals surface area contributed by atoms with Gasteiger partial charge in [-0.25, -0.2) is 0 Å². The van der Waals surface area contributed by atoms with Crippen molar-refractivity contribution in [1.82, 2.24) is 4.90 Å². The number of hydrogen-bond acceptors (Lipinski definition) is 4. The first-order valence-corrected chi connectivity index (χ1v) is 6.92. The van der Waals surface area contributed by atoms with Gasteiger partial charge in [0.05, 0.1) is 19.8 Å². The van der Waals surface area contributed by atoms with Gasteiger partial charge in [-0.05, 0) is 12.8 Å². The van der Waals surface area contributed by atoms with Gasteiger partial charge in [0.2, 0.25) is 0 Å². The summed E-state index contributed by atoms with van der Waals surface area (Å²) in [6.07, 6.45) is 5.67. The van der Waals surface area contributed by atoms with E-state index < -0.39 is 0 Å². The summed E-state index contributed by atoms with van der Waals surface area (Å²) >= 11 is 0. The van der Waals surface area contributed by atoms with Crippen LogP contribution in [0.1, 0.15) is 32.1 Å². The first kappa shape index (κ1) is 14.9. The summed E-state index contributed by atoms with van der Waals surface area (Å²) in [7, 11) is 0. The smallest absolute Gasteiger partial charge is 0.0594 e. The van der Waals surface area contributed by atoms with E-state index >= 15 is 0 Å². The van der Waals surface area contributed by atoms with Gasteiger partial charge in [-0.1, -0.05) is 19.3 Å². The van der Waals surface area contributed by atoms with Crippen LogP contribution < -0.4 is 0 Å². The van der Waals surface area contributed by atoms with Gasteiger partial charge < -0.3 is 14.6 Å². The molecule has 0 aliphatic carbocycles. The number of aliphatic hydroxyl groups excluding tert-OH is 1. The number of unbranched alkanes of at least 4 members (excludes halogenated alkanes) is 4. The fraction of sp³-hybridized carbons (Fsp3) is 1.00. The largest absolute Gasteiger partial charge is 0.396 e. The van der Waals surface area contributed by atoms with Crippen LogP contribution in [0.3, 0.4) is 0 Å². The van der Waals surface area contributed by atoms with E-state index in [1.807, 2.05) is 0 Å². The molecular weight excluding hydrogens is 218 g/mol. The Bertz CT molecular complexity index is 161. The molecule has 0 spiro atoms. The summed E-state index contributed by atoms with van der Waals surface area (Å²) in [5.74, 6) is 0. The normalized spacial score (nSPS) is 17.5. The molecule has 1 aliphatic heterocycles. The maximum absolute atomic E-state index is 8.62. The highest BCUT2D eigenvalue weighted by Gasteiger charge is 2.08. The predicted octanol–water partition coefficient (Wildman–Crippen LogP) is 1.28. The van der Waals surface area contributed by atoms with E-state index in [-0.39, 0.29) is 0 Å². The molecule has 0 radical (unpaired) electrons. The summed E-state index contributed by atoms with van der Waals surface area (Å²) in [5, 5.41) is 8.62. The van der Waals surface area contributed by atoms with E-state index in [2.05, 4.69) is 4.90 Å². The average Bonchev–Trinajstić information content (AvgIpc) is 2.38. The van der Waals surface area contributed by atoms with Crippen molar-refractivity contribution in [2.75, 3.05) is 52.7 Å². The second-order valence-electron chi connectivity index (χ2n) is 4.56. The van der Waals surface area contributed by atoms with E-state index in [0.29, 0.717) is 6.61 Å². The summed E-state index contributed by atoms with van der Waals surface area (Å²) in [4.78, 5) is 2.39. The molecule has 1 aliphatic rings. The molecule has 0 aromatic rings. The summed E-state index contributed by atoms with van der Waals surface area (Å²) in [6.45, 7) is 6.91. The van der Waals surface area contributed by atoms with Crippen LogP contribution >= 0.6 is 0 Å². The molecule has 1 N–H and O–H groups in total. The van der Waals surface area contributed by atoms with E-state index in [1.165, 1.54) is 12.8 Å². The maximum atomic E-state index is 8.62. The Kier molecular flexibility index (Phi) is 9.61. The lowest BCUT2D eigenvalue weighted by atomic mass is 10.1. The first-order chi connectivity index (χ1) is 8.43. The summed E-state index contributed by atoms with van der Waals surface area (Å²) in [5.41, 5.74) is 0. The molecule has 1 fully saturated rings. The van der Waals surface area contributed by atoms with E-state index in [1.54, 1.807) is 0 Å². The fourth-order valence-corrected chi connectivity index (χ4v) is 1.97. The Hall–Kier alpha value is -0.160. The molecule has 0 amide bonds. The van der Waals surface area contributed by atoms with E-state index in [4.69, 9.17) is 14.6 Å².